The lowest BCUT2D eigenvalue weighted by molar-refractivity contribution is 0.0917. The van der Waals surface area contributed by atoms with Crippen LogP contribution in [0.2, 0.25) is 0 Å². The number of carbonyl (C=O) groups is 1. The molecule has 5 nitrogen and oxygen atoms in total. The van der Waals surface area contributed by atoms with Gasteiger partial charge in [-0.3, -0.25) is 4.79 Å². The van der Waals surface area contributed by atoms with Crippen LogP contribution in [0.3, 0.4) is 0 Å². The molecule has 0 aromatic heterocycles. The number of nitrogens with zero attached hydrogens (tertiary/aromatic N) is 1. The Balaban J connectivity index is 1.79. The summed E-state index contributed by atoms with van der Waals surface area (Å²) >= 11 is 0. The monoisotopic (exact) mass is 354 g/mol. The Morgan fingerprint density at radius 2 is 1.85 bits per heavy atom. The molecular formula is C21H26N2O3. The molecule has 26 heavy (non-hydrogen) atoms. The molecule has 1 aliphatic rings. The Labute approximate surface area is 154 Å². The van der Waals surface area contributed by atoms with Crippen molar-refractivity contribution in [2.45, 2.75) is 18.9 Å². The standard InChI is InChI=1S/C21H26N2O3/c1-23-11-9-17(10-12-23)22-21(24)16-6-4-5-15(13-16)19-8-7-18(25-2)14-20(19)26-3/h4-8,13-14,17H,9-12H2,1-3H3,(H,22,24). The Kier molecular flexibility index (Phi) is 5.78. The highest BCUT2D eigenvalue weighted by atomic mass is 16.5. The zero-order valence-corrected chi connectivity index (χ0v) is 15.6. The smallest absolute Gasteiger partial charge is 0.251 e. The van der Waals surface area contributed by atoms with E-state index < -0.39 is 0 Å². The van der Waals surface area contributed by atoms with Crippen LogP contribution in [0, 0.1) is 0 Å². The van der Waals surface area contributed by atoms with Crippen LogP contribution in [0.5, 0.6) is 11.5 Å². The Morgan fingerprint density at radius 3 is 2.54 bits per heavy atom. The van der Waals surface area contributed by atoms with E-state index in [0.29, 0.717) is 5.56 Å². The maximum Gasteiger partial charge on any atom is 0.251 e. The number of hydrogen-bond donors (Lipinski definition) is 1. The van der Waals surface area contributed by atoms with E-state index in [1.807, 2.05) is 42.5 Å². The molecule has 1 fully saturated rings. The minimum atomic E-state index is -0.0196. The first-order valence-electron chi connectivity index (χ1n) is 8.92. The third kappa shape index (κ3) is 4.17. The maximum absolute atomic E-state index is 12.7. The van der Waals surface area contributed by atoms with Gasteiger partial charge in [0.05, 0.1) is 14.2 Å². The van der Waals surface area contributed by atoms with E-state index in [9.17, 15) is 4.79 Å². The third-order valence-electron chi connectivity index (χ3n) is 4.90. The first kappa shape index (κ1) is 18.3. The van der Waals surface area contributed by atoms with E-state index in [1.54, 1.807) is 14.2 Å². The highest BCUT2D eigenvalue weighted by Crippen LogP contribution is 2.33. The van der Waals surface area contributed by atoms with Crippen molar-refractivity contribution in [3.05, 3.63) is 48.0 Å². The molecule has 0 unspecified atom stereocenters. The van der Waals surface area contributed by atoms with Gasteiger partial charge in [0.25, 0.3) is 5.91 Å². The summed E-state index contributed by atoms with van der Waals surface area (Å²) < 4.78 is 10.7. The topological polar surface area (TPSA) is 50.8 Å². The van der Waals surface area contributed by atoms with E-state index in [1.165, 1.54) is 0 Å². The highest BCUT2D eigenvalue weighted by molar-refractivity contribution is 5.95. The molecule has 0 radical (unpaired) electrons. The Morgan fingerprint density at radius 1 is 1.08 bits per heavy atom. The minimum Gasteiger partial charge on any atom is -0.497 e. The number of carbonyl (C=O) groups excluding carboxylic acids is 1. The summed E-state index contributed by atoms with van der Waals surface area (Å²) in [6, 6.07) is 13.6. The summed E-state index contributed by atoms with van der Waals surface area (Å²) in [6.07, 6.45) is 1.99. The van der Waals surface area contributed by atoms with Gasteiger partial charge in [0.1, 0.15) is 11.5 Å². The Bertz CT molecular complexity index is 768. The van der Waals surface area contributed by atoms with Crippen LogP contribution in [0.25, 0.3) is 11.1 Å². The van der Waals surface area contributed by atoms with Crippen LogP contribution in [0.1, 0.15) is 23.2 Å². The molecule has 1 N–H and O–H groups in total. The molecule has 1 heterocycles. The lowest BCUT2D eigenvalue weighted by Gasteiger charge is -2.29. The largest absolute Gasteiger partial charge is 0.497 e. The van der Waals surface area contributed by atoms with Crippen LogP contribution < -0.4 is 14.8 Å². The number of amides is 1. The van der Waals surface area contributed by atoms with Gasteiger partial charge in [0.15, 0.2) is 0 Å². The molecule has 138 valence electrons. The quantitative estimate of drug-likeness (QED) is 0.896. The molecule has 1 aliphatic heterocycles. The number of rotatable bonds is 5. The van der Waals surface area contributed by atoms with Crippen molar-refractivity contribution in [1.29, 1.82) is 0 Å². The first-order valence-corrected chi connectivity index (χ1v) is 8.92. The molecule has 0 spiro atoms. The van der Waals surface area contributed by atoms with Crippen molar-refractivity contribution in [2.75, 3.05) is 34.4 Å². The van der Waals surface area contributed by atoms with Gasteiger partial charge < -0.3 is 19.7 Å². The summed E-state index contributed by atoms with van der Waals surface area (Å²) in [5.41, 5.74) is 2.54. The van der Waals surface area contributed by atoms with Crippen molar-refractivity contribution >= 4 is 5.91 Å². The van der Waals surface area contributed by atoms with E-state index in [4.69, 9.17) is 9.47 Å². The normalized spacial score (nSPS) is 15.5. The van der Waals surface area contributed by atoms with Crippen LogP contribution in [0.15, 0.2) is 42.5 Å². The van der Waals surface area contributed by atoms with Gasteiger partial charge in [0, 0.05) is 23.2 Å². The zero-order valence-electron chi connectivity index (χ0n) is 15.6. The SMILES string of the molecule is COc1ccc(-c2cccc(C(=O)NC3CCN(C)CC3)c2)c(OC)c1. The minimum absolute atomic E-state index is 0.0196. The molecule has 0 atom stereocenters. The molecule has 3 rings (SSSR count). The van der Waals surface area contributed by atoms with Crippen LogP contribution in [-0.2, 0) is 0 Å². The van der Waals surface area contributed by atoms with Crippen molar-refractivity contribution in [3.63, 3.8) is 0 Å². The average molecular weight is 354 g/mol. The van der Waals surface area contributed by atoms with E-state index in [-0.39, 0.29) is 11.9 Å². The van der Waals surface area contributed by atoms with Gasteiger partial charge >= 0.3 is 0 Å². The molecular weight excluding hydrogens is 328 g/mol. The molecule has 0 aliphatic carbocycles. The summed E-state index contributed by atoms with van der Waals surface area (Å²) in [6.45, 7) is 2.04. The predicted molar refractivity (Wildman–Crippen MR) is 103 cm³/mol. The third-order valence-corrected chi connectivity index (χ3v) is 4.90. The van der Waals surface area contributed by atoms with Gasteiger partial charge in [-0.15, -0.1) is 0 Å². The lowest BCUT2D eigenvalue weighted by Crippen LogP contribution is -2.43. The molecule has 0 saturated carbocycles. The average Bonchev–Trinajstić information content (AvgIpc) is 2.69. The maximum atomic E-state index is 12.7. The molecule has 2 aromatic rings. The van der Waals surface area contributed by atoms with E-state index >= 15 is 0 Å². The van der Waals surface area contributed by atoms with Crippen molar-refractivity contribution in [3.8, 4) is 22.6 Å². The summed E-state index contributed by atoms with van der Waals surface area (Å²) in [7, 11) is 5.38. The van der Waals surface area contributed by atoms with Gasteiger partial charge in [-0.1, -0.05) is 12.1 Å². The van der Waals surface area contributed by atoms with Crippen molar-refractivity contribution < 1.29 is 14.3 Å². The number of piperidine rings is 1. The van der Waals surface area contributed by atoms with Gasteiger partial charge in [-0.2, -0.15) is 0 Å². The van der Waals surface area contributed by atoms with Crippen molar-refractivity contribution in [1.82, 2.24) is 10.2 Å². The lowest BCUT2D eigenvalue weighted by atomic mass is 10.0. The summed E-state index contributed by atoms with van der Waals surface area (Å²) in [4.78, 5) is 14.9. The number of nitrogens with one attached hydrogen (secondary N) is 1. The number of methoxy groups -OCH3 is 2. The second kappa shape index (κ2) is 8.23. The van der Waals surface area contributed by atoms with Crippen LogP contribution in [-0.4, -0.2) is 51.2 Å². The van der Waals surface area contributed by atoms with E-state index in [0.717, 1.165) is 48.6 Å². The zero-order chi connectivity index (χ0) is 18.5. The van der Waals surface area contributed by atoms with Crippen LogP contribution >= 0.6 is 0 Å². The number of likely N-dealkylation sites (tertiary alicyclic amines) is 1. The fourth-order valence-corrected chi connectivity index (χ4v) is 3.29. The van der Waals surface area contributed by atoms with Gasteiger partial charge in [0.2, 0.25) is 0 Å². The van der Waals surface area contributed by atoms with Crippen molar-refractivity contribution in [2.24, 2.45) is 0 Å². The highest BCUT2D eigenvalue weighted by Gasteiger charge is 2.19. The fourth-order valence-electron chi connectivity index (χ4n) is 3.29. The Hall–Kier alpha value is -2.53. The summed E-state index contributed by atoms with van der Waals surface area (Å²) in [5.74, 6) is 1.44. The molecule has 1 amide bonds. The second-order valence-corrected chi connectivity index (χ2v) is 6.70. The first-order chi connectivity index (χ1) is 12.6. The molecule has 0 bridgehead atoms. The number of ether oxygens (including phenoxy) is 2. The molecule has 2 aromatic carbocycles. The predicted octanol–water partition coefficient (Wildman–Crippen LogP) is 3.19. The van der Waals surface area contributed by atoms with E-state index in [2.05, 4.69) is 17.3 Å². The summed E-state index contributed by atoms with van der Waals surface area (Å²) in [5, 5.41) is 3.16. The number of hydrogen-bond acceptors (Lipinski definition) is 4. The second-order valence-electron chi connectivity index (χ2n) is 6.70. The number of benzene rings is 2. The van der Waals surface area contributed by atoms with Crippen LogP contribution in [0.4, 0.5) is 0 Å². The van der Waals surface area contributed by atoms with Gasteiger partial charge in [-0.25, -0.2) is 0 Å². The van der Waals surface area contributed by atoms with Gasteiger partial charge in [-0.05, 0) is 62.8 Å². The molecule has 1 saturated heterocycles. The fraction of sp³-hybridized carbons (Fsp3) is 0.381. The molecule has 5 heteroatoms.